The molecule has 5 nitrogen and oxygen atoms in total. The van der Waals surface area contributed by atoms with E-state index >= 15 is 0 Å². The van der Waals surface area contributed by atoms with Crippen molar-refractivity contribution in [3.63, 3.8) is 0 Å². The van der Waals surface area contributed by atoms with Gasteiger partial charge in [-0.15, -0.1) is 0 Å². The summed E-state index contributed by atoms with van der Waals surface area (Å²) in [5, 5.41) is 0. The van der Waals surface area contributed by atoms with Gasteiger partial charge in [0.2, 0.25) is 0 Å². The summed E-state index contributed by atoms with van der Waals surface area (Å²) < 4.78 is 30.4. The molecule has 0 N–H and O–H groups in total. The average molecular weight is 728 g/mol. The molecule has 0 aromatic rings. The Kier molecular flexibility index (Phi) is 25.3. The van der Waals surface area contributed by atoms with Gasteiger partial charge >= 0.3 is 237 Å². The molecule has 0 aliphatic heterocycles. The van der Waals surface area contributed by atoms with E-state index in [1.807, 2.05) is 0 Å². The molecule has 0 saturated carbocycles. The predicted molar refractivity (Wildman–Crippen MR) is 158 cm³/mol. The third-order valence-corrected chi connectivity index (χ3v) is 39.6. The Labute approximate surface area is 235 Å². The number of carbonyl (C=O) groups excluding carboxylic acids is 1. The minimum absolute atomic E-state index is 0.455. The van der Waals surface area contributed by atoms with E-state index in [1.165, 1.54) is 32.1 Å². The van der Waals surface area contributed by atoms with Crippen LogP contribution in [0.4, 0.5) is 4.79 Å². The van der Waals surface area contributed by atoms with E-state index in [0.717, 1.165) is 95.0 Å². The van der Waals surface area contributed by atoms with Crippen LogP contribution in [-0.2, 0) is 12.3 Å². The van der Waals surface area contributed by atoms with E-state index in [2.05, 4.69) is 41.5 Å². The summed E-state index contributed by atoms with van der Waals surface area (Å²) in [5.74, 6) is 0. The molecule has 216 valence electrons. The van der Waals surface area contributed by atoms with Crippen molar-refractivity contribution < 1.29 is 17.1 Å². The maximum atomic E-state index is 13.0. The van der Waals surface area contributed by atoms with Crippen molar-refractivity contribution in [2.24, 2.45) is 0 Å². The van der Waals surface area contributed by atoms with Crippen LogP contribution in [0.25, 0.3) is 0 Å². The van der Waals surface area contributed by atoms with Gasteiger partial charge in [-0.3, -0.25) is 0 Å². The summed E-state index contributed by atoms with van der Waals surface area (Å²) in [6, 6.07) is 0. The second-order valence-corrected chi connectivity index (χ2v) is 32.5. The van der Waals surface area contributed by atoms with Crippen LogP contribution in [0, 0.1) is 0 Å². The normalized spacial score (nSPS) is 12.2. The minimum atomic E-state index is -3.76. The van der Waals surface area contributed by atoms with Crippen molar-refractivity contribution in [3.05, 3.63) is 0 Å². The zero-order chi connectivity index (χ0) is 27.0. The molecule has 0 aromatic heterocycles. The topological polar surface area (TPSA) is 54.0 Å². The van der Waals surface area contributed by atoms with Gasteiger partial charge in [0.15, 0.2) is 0 Å². The molecule has 7 heteroatoms. The standard InChI is InChI=1S/C7H14O3.C6H13O.4C4H9.O.2Sn/c1-2-3-4-5-6-10-7(8)9;1-2-3-4-5-6-7;4*1-3-4-2;;;/h2-6H2,1H3,(H,8,9);2-6H2,1H3;4*1,3-4H2,2H3;;;/q;-1;;;;;;2*+1/p-1. The van der Waals surface area contributed by atoms with Crippen LogP contribution < -0.4 is 0 Å². The number of ether oxygens (including phenoxy) is 1. The molecule has 0 rings (SSSR count). The fourth-order valence-corrected chi connectivity index (χ4v) is 46.2. The van der Waals surface area contributed by atoms with Crippen molar-refractivity contribution in [2.45, 2.75) is 162 Å². The quantitative estimate of drug-likeness (QED) is 0.0504. The molecule has 0 aromatic carbocycles. The van der Waals surface area contributed by atoms with E-state index in [-0.39, 0.29) is 0 Å². The second-order valence-electron chi connectivity index (χ2n) is 10.5. The van der Waals surface area contributed by atoms with Crippen LogP contribution >= 0.6 is 0 Å². The van der Waals surface area contributed by atoms with Crippen molar-refractivity contribution in [3.8, 4) is 0 Å². The van der Waals surface area contributed by atoms with Gasteiger partial charge in [-0.1, -0.05) is 0 Å². The van der Waals surface area contributed by atoms with E-state index in [0.29, 0.717) is 6.61 Å². The first-order valence-electron chi connectivity index (χ1n) is 15.7. The zero-order valence-corrected chi connectivity index (χ0v) is 30.8. The summed E-state index contributed by atoms with van der Waals surface area (Å²) in [6.45, 7) is 14.7. The maximum absolute atomic E-state index is 13.0. The molecule has 0 spiro atoms. The van der Waals surface area contributed by atoms with E-state index < -0.39 is 44.6 Å². The van der Waals surface area contributed by atoms with Gasteiger partial charge < -0.3 is 0 Å². The van der Waals surface area contributed by atoms with Crippen LogP contribution in [0.3, 0.4) is 0 Å². The number of hydrogen-bond acceptors (Lipinski definition) is 5. The molecular weight excluding hydrogens is 666 g/mol. The van der Waals surface area contributed by atoms with Gasteiger partial charge in [-0.05, 0) is 0 Å². The summed E-state index contributed by atoms with van der Waals surface area (Å²) in [7, 11) is 0. The second kappa shape index (κ2) is 24.8. The molecule has 0 saturated heterocycles. The third kappa shape index (κ3) is 18.1. The monoisotopic (exact) mass is 730 g/mol. The molecule has 36 heavy (non-hydrogen) atoms. The Morgan fingerprint density at radius 1 is 0.500 bits per heavy atom. The van der Waals surface area contributed by atoms with Crippen LogP contribution in [-0.4, -0.2) is 57.8 Å². The van der Waals surface area contributed by atoms with Crippen LogP contribution in [0.2, 0.25) is 17.7 Å². The van der Waals surface area contributed by atoms with Crippen molar-refractivity contribution >= 4 is 44.6 Å². The van der Waals surface area contributed by atoms with E-state index in [1.54, 1.807) is 0 Å². The Balaban J connectivity index is 5.81. The van der Waals surface area contributed by atoms with Crippen LogP contribution in [0.5, 0.6) is 0 Å². The fourth-order valence-electron chi connectivity index (χ4n) is 4.53. The molecule has 0 amide bonds. The summed E-state index contributed by atoms with van der Waals surface area (Å²) in [5.41, 5.74) is 0. The van der Waals surface area contributed by atoms with Gasteiger partial charge in [-0.25, -0.2) is 0 Å². The first-order chi connectivity index (χ1) is 17.5. The van der Waals surface area contributed by atoms with Crippen molar-refractivity contribution in [1.29, 1.82) is 0 Å². The van der Waals surface area contributed by atoms with Gasteiger partial charge in [-0.2, -0.15) is 0 Å². The first kappa shape index (κ1) is 36.8. The Morgan fingerprint density at radius 3 is 1.36 bits per heavy atom. The molecule has 0 radical (unpaired) electrons. The molecule has 0 fully saturated rings. The van der Waals surface area contributed by atoms with Crippen molar-refractivity contribution in [1.82, 2.24) is 0 Å². The van der Waals surface area contributed by atoms with E-state index in [9.17, 15) is 4.79 Å². The summed E-state index contributed by atoms with van der Waals surface area (Å²) in [4.78, 5) is 13.0. The fraction of sp³-hybridized carbons (Fsp3) is 0.966. The summed E-state index contributed by atoms with van der Waals surface area (Å²) >= 11 is -7.20. The van der Waals surface area contributed by atoms with Crippen LogP contribution in [0.1, 0.15) is 144 Å². The molecule has 0 atom stereocenters. The van der Waals surface area contributed by atoms with E-state index in [4.69, 9.17) is 12.3 Å². The van der Waals surface area contributed by atoms with Gasteiger partial charge in [0.1, 0.15) is 0 Å². The van der Waals surface area contributed by atoms with Gasteiger partial charge in [0.25, 0.3) is 0 Å². The zero-order valence-electron chi connectivity index (χ0n) is 25.1. The summed E-state index contributed by atoms with van der Waals surface area (Å²) in [6.07, 6.45) is 17.6. The van der Waals surface area contributed by atoms with Gasteiger partial charge in [0, 0.05) is 0 Å². The third-order valence-electron chi connectivity index (χ3n) is 6.87. The Morgan fingerprint density at radius 2 is 0.917 bits per heavy atom. The predicted octanol–water partition coefficient (Wildman–Crippen LogP) is 10.4. The van der Waals surface area contributed by atoms with Crippen molar-refractivity contribution in [2.75, 3.05) is 13.2 Å². The van der Waals surface area contributed by atoms with Crippen LogP contribution in [0.15, 0.2) is 0 Å². The molecule has 0 unspecified atom stereocenters. The first-order valence-corrected chi connectivity index (χ1v) is 28.4. The molecule has 0 aliphatic carbocycles. The Hall–Kier alpha value is 0.787. The Bertz CT molecular complexity index is 488. The number of hydrogen-bond donors (Lipinski definition) is 0. The molecule has 0 aliphatic rings. The number of carbonyl (C=O) groups is 1. The average Bonchev–Trinajstić information content (AvgIpc) is 2.88. The molecular formula is C29H62O5Sn2. The molecule has 0 bridgehead atoms. The number of rotatable bonds is 26. The molecule has 0 heterocycles. The van der Waals surface area contributed by atoms with Gasteiger partial charge in [0.05, 0.1) is 0 Å². The number of unbranched alkanes of at least 4 members (excludes halogenated alkanes) is 10. The SMILES string of the molecule is CCCCCCOC(=O)[O][Sn]([CH2]CCC)([CH2]CCC)[O][Sn]([CH2]CCC)([CH2]CCC)[O]CCCCCC.